The normalized spacial score (nSPS) is 13.7. The number of aryl methyl sites for hydroxylation is 1. The summed E-state index contributed by atoms with van der Waals surface area (Å²) in [5.74, 6) is 1.91. The maximum absolute atomic E-state index is 12.2. The Morgan fingerprint density at radius 3 is 2.83 bits per heavy atom. The highest BCUT2D eigenvalue weighted by molar-refractivity contribution is 8.00. The summed E-state index contributed by atoms with van der Waals surface area (Å²) in [5.41, 5.74) is 2.19. The van der Waals surface area contributed by atoms with E-state index < -0.39 is 0 Å². The largest absolute Gasteiger partial charge is 0.454 e. The van der Waals surface area contributed by atoms with E-state index in [1.807, 2.05) is 43.3 Å². The Morgan fingerprint density at radius 2 is 2.00 bits per heavy atom. The second kappa shape index (κ2) is 6.96. The Morgan fingerprint density at radius 1 is 1.22 bits per heavy atom. The van der Waals surface area contributed by atoms with Crippen molar-refractivity contribution in [3.8, 4) is 11.5 Å². The Labute approximate surface area is 140 Å². The first-order chi connectivity index (χ1) is 11.1. The average molecular weight is 329 g/mol. The van der Waals surface area contributed by atoms with Crippen LogP contribution >= 0.6 is 11.8 Å². The number of hydrogen-bond acceptors (Lipinski definition) is 4. The van der Waals surface area contributed by atoms with Gasteiger partial charge in [0.1, 0.15) is 0 Å². The summed E-state index contributed by atoms with van der Waals surface area (Å²) in [6, 6.07) is 13.7. The van der Waals surface area contributed by atoms with Crippen molar-refractivity contribution in [2.24, 2.45) is 0 Å². The number of hydrogen-bond donors (Lipinski definition) is 1. The van der Waals surface area contributed by atoms with E-state index in [0.717, 1.165) is 22.0 Å². The average Bonchev–Trinajstić information content (AvgIpc) is 3.01. The quantitative estimate of drug-likeness (QED) is 0.850. The van der Waals surface area contributed by atoms with E-state index in [0.29, 0.717) is 5.75 Å². The second-order valence-electron chi connectivity index (χ2n) is 5.46. The molecule has 3 rings (SSSR count). The Hall–Kier alpha value is -2.14. The van der Waals surface area contributed by atoms with Crippen molar-refractivity contribution in [1.29, 1.82) is 0 Å². The summed E-state index contributed by atoms with van der Waals surface area (Å²) >= 11 is 1.56. The lowest BCUT2D eigenvalue weighted by Gasteiger charge is -2.15. The van der Waals surface area contributed by atoms with Crippen LogP contribution in [0.3, 0.4) is 0 Å². The number of benzene rings is 2. The highest BCUT2D eigenvalue weighted by Gasteiger charge is 2.17. The summed E-state index contributed by atoms with van der Waals surface area (Å²) in [5, 5.41) is 3.02. The molecule has 2 aromatic rings. The molecule has 1 N–H and O–H groups in total. The van der Waals surface area contributed by atoms with Crippen LogP contribution in [0.15, 0.2) is 47.4 Å². The minimum absolute atomic E-state index is 0.0171. The number of amides is 1. The first-order valence-electron chi connectivity index (χ1n) is 7.51. The van der Waals surface area contributed by atoms with Crippen LogP contribution in [0.1, 0.15) is 24.1 Å². The monoisotopic (exact) mass is 329 g/mol. The molecule has 0 saturated heterocycles. The molecular weight excluding hydrogens is 310 g/mol. The van der Waals surface area contributed by atoms with Crippen LogP contribution in [0.2, 0.25) is 0 Å². The van der Waals surface area contributed by atoms with E-state index in [9.17, 15) is 4.79 Å². The van der Waals surface area contributed by atoms with Gasteiger partial charge in [0.2, 0.25) is 12.7 Å². The van der Waals surface area contributed by atoms with Crippen molar-refractivity contribution in [2.75, 3.05) is 12.5 Å². The molecule has 120 valence electrons. The summed E-state index contributed by atoms with van der Waals surface area (Å²) < 4.78 is 10.7. The van der Waals surface area contributed by atoms with Crippen molar-refractivity contribution in [2.45, 2.75) is 24.8 Å². The minimum Gasteiger partial charge on any atom is -0.454 e. The van der Waals surface area contributed by atoms with E-state index in [2.05, 4.69) is 18.3 Å². The first-order valence-corrected chi connectivity index (χ1v) is 8.49. The number of carbonyl (C=O) groups excluding carboxylic acids is 1. The van der Waals surface area contributed by atoms with Gasteiger partial charge in [-0.1, -0.05) is 24.3 Å². The summed E-state index contributed by atoms with van der Waals surface area (Å²) in [7, 11) is 0. The highest BCUT2D eigenvalue weighted by Crippen LogP contribution is 2.34. The van der Waals surface area contributed by atoms with E-state index in [1.54, 1.807) is 11.8 Å². The first kappa shape index (κ1) is 15.7. The van der Waals surface area contributed by atoms with Gasteiger partial charge in [0.15, 0.2) is 11.5 Å². The molecule has 0 fully saturated rings. The standard InChI is InChI=1S/C18H19NO3S/c1-12-5-3-4-6-17(12)23-10-18(20)19-13(2)14-7-8-15-16(9-14)22-11-21-15/h3-9,13H,10-11H2,1-2H3,(H,19,20). The lowest BCUT2D eigenvalue weighted by atomic mass is 10.1. The van der Waals surface area contributed by atoms with Crippen LogP contribution in [0, 0.1) is 6.92 Å². The van der Waals surface area contributed by atoms with Crippen LogP contribution in [-0.4, -0.2) is 18.5 Å². The van der Waals surface area contributed by atoms with E-state index in [-0.39, 0.29) is 18.7 Å². The Kier molecular flexibility index (Phi) is 4.76. The van der Waals surface area contributed by atoms with Gasteiger partial charge in [0.05, 0.1) is 11.8 Å². The van der Waals surface area contributed by atoms with Gasteiger partial charge < -0.3 is 14.8 Å². The molecule has 23 heavy (non-hydrogen) atoms. The van der Waals surface area contributed by atoms with Gasteiger partial charge in [-0.3, -0.25) is 4.79 Å². The zero-order valence-electron chi connectivity index (χ0n) is 13.2. The van der Waals surface area contributed by atoms with Gasteiger partial charge in [-0.2, -0.15) is 0 Å². The number of rotatable bonds is 5. The molecule has 4 nitrogen and oxygen atoms in total. The second-order valence-corrected chi connectivity index (χ2v) is 6.47. The SMILES string of the molecule is Cc1ccccc1SCC(=O)NC(C)c1ccc2c(c1)OCO2. The van der Waals surface area contributed by atoms with Crippen LogP contribution < -0.4 is 14.8 Å². The van der Waals surface area contributed by atoms with Crippen LogP contribution in [0.4, 0.5) is 0 Å². The summed E-state index contributed by atoms with van der Waals surface area (Å²) in [6.45, 7) is 4.27. The van der Waals surface area contributed by atoms with Gasteiger partial charge in [0.25, 0.3) is 0 Å². The predicted octanol–water partition coefficient (Wildman–Crippen LogP) is 3.69. The minimum atomic E-state index is -0.0746. The van der Waals surface area contributed by atoms with E-state index >= 15 is 0 Å². The lowest BCUT2D eigenvalue weighted by Crippen LogP contribution is -2.28. The third-order valence-electron chi connectivity index (χ3n) is 3.73. The lowest BCUT2D eigenvalue weighted by molar-refractivity contribution is -0.119. The Bertz CT molecular complexity index is 717. The third kappa shape index (κ3) is 3.79. The van der Waals surface area contributed by atoms with Crippen molar-refractivity contribution < 1.29 is 14.3 Å². The predicted molar refractivity (Wildman–Crippen MR) is 91.0 cm³/mol. The van der Waals surface area contributed by atoms with Crippen LogP contribution in [0.25, 0.3) is 0 Å². The van der Waals surface area contributed by atoms with Crippen LogP contribution in [0.5, 0.6) is 11.5 Å². The molecule has 0 aliphatic carbocycles. The number of nitrogens with one attached hydrogen (secondary N) is 1. The van der Waals surface area contributed by atoms with Gasteiger partial charge in [-0.15, -0.1) is 11.8 Å². The number of carbonyl (C=O) groups is 1. The van der Waals surface area contributed by atoms with Crippen molar-refractivity contribution >= 4 is 17.7 Å². The highest BCUT2D eigenvalue weighted by atomic mass is 32.2. The van der Waals surface area contributed by atoms with Gasteiger partial charge in [0, 0.05) is 4.90 Å². The summed E-state index contributed by atoms with van der Waals surface area (Å²) in [4.78, 5) is 13.3. The maximum atomic E-state index is 12.2. The molecule has 1 atom stereocenters. The Balaban J connectivity index is 1.56. The molecule has 0 spiro atoms. The van der Waals surface area contributed by atoms with Crippen molar-refractivity contribution in [3.63, 3.8) is 0 Å². The molecule has 1 unspecified atom stereocenters. The van der Waals surface area contributed by atoms with Gasteiger partial charge >= 0.3 is 0 Å². The molecule has 1 aliphatic heterocycles. The molecule has 1 aliphatic rings. The van der Waals surface area contributed by atoms with E-state index in [4.69, 9.17) is 9.47 Å². The molecule has 0 bridgehead atoms. The zero-order valence-corrected chi connectivity index (χ0v) is 14.0. The molecule has 0 aromatic heterocycles. The zero-order chi connectivity index (χ0) is 16.2. The van der Waals surface area contributed by atoms with E-state index in [1.165, 1.54) is 5.56 Å². The molecule has 0 saturated carbocycles. The molecule has 5 heteroatoms. The van der Waals surface area contributed by atoms with Crippen molar-refractivity contribution in [3.05, 3.63) is 53.6 Å². The number of ether oxygens (including phenoxy) is 2. The summed E-state index contributed by atoms with van der Waals surface area (Å²) in [6.07, 6.45) is 0. The fraction of sp³-hybridized carbons (Fsp3) is 0.278. The smallest absolute Gasteiger partial charge is 0.231 e. The van der Waals surface area contributed by atoms with Crippen LogP contribution in [-0.2, 0) is 4.79 Å². The maximum Gasteiger partial charge on any atom is 0.231 e. The topological polar surface area (TPSA) is 47.6 Å². The molecular formula is C18H19NO3S. The van der Waals surface area contributed by atoms with Gasteiger partial charge in [-0.05, 0) is 43.2 Å². The van der Waals surface area contributed by atoms with Crippen molar-refractivity contribution in [1.82, 2.24) is 5.32 Å². The molecule has 1 amide bonds. The third-order valence-corrected chi connectivity index (χ3v) is 4.90. The molecule has 0 radical (unpaired) electrons. The molecule has 2 aromatic carbocycles. The number of thioether (sulfide) groups is 1. The fourth-order valence-corrected chi connectivity index (χ4v) is 3.25. The van der Waals surface area contributed by atoms with Gasteiger partial charge in [-0.25, -0.2) is 0 Å². The molecule has 1 heterocycles. The number of fused-ring (bicyclic) bond motifs is 1. The fourth-order valence-electron chi connectivity index (χ4n) is 2.41.